The molecule has 29 heavy (non-hydrogen) atoms. The van der Waals surface area contributed by atoms with Crippen LogP contribution < -0.4 is 10.1 Å². The highest BCUT2D eigenvalue weighted by Crippen LogP contribution is 2.29. The van der Waals surface area contributed by atoms with Crippen molar-refractivity contribution in [3.63, 3.8) is 0 Å². The second kappa shape index (κ2) is 9.37. The van der Waals surface area contributed by atoms with E-state index in [9.17, 15) is 14.0 Å². The van der Waals surface area contributed by atoms with Gasteiger partial charge in [-0.2, -0.15) is 0 Å². The van der Waals surface area contributed by atoms with E-state index in [1.54, 1.807) is 6.07 Å². The van der Waals surface area contributed by atoms with Gasteiger partial charge in [0.2, 0.25) is 0 Å². The van der Waals surface area contributed by atoms with Gasteiger partial charge in [0.25, 0.3) is 5.91 Å². The van der Waals surface area contributed by atoms with Gasteiger partial charge in [-0.3, -0.25) is 4.79 Å². The minimum Gasteiger partial charge on any atom is -0.494 e. The molecule has 1 amide bonds. The zero-order valence-electron chi connectivity index (χ0n) is 16.5. The second-order valence-electron chi connectivity index (χ2n) is 6.96. The molecule has 2 aromatic carbocycles. The summed E-state index contributed by atoms with van der Waals surface area (Å²) < 4.78 is 23.7. The van der Waals surface area contributed by atoms with Crippen molar-refractivity contribution in [2.75, 3.05) is 7.11 Å². The highest BCUT2D eigenvalue weighted by molar-refractivity contribution is 5.90. The van der Waals surface area contributed by atoms with Gasteiger partial charge in [0.15, 0.2) is 17.7 Å². The van der Waals surface area contributed by atoms with Crippen LogP contribution in [0, 0.1) is 5.82 Å². The molecule has 0 fully saturated rings. The smallest absolute Gasteiger partial charge is 0.331 e. The van der Waals surface area contributed by atoms with Gasteiger partial charge < -0.3 is 14.8 Å². The van der Waals surface area contributed by atoms with E-state index >= 15 is 0 Å². The normalized spacial score (nSPS) is 16.7. The molecule has 1 aliphatic carbocycles. The lowest BCUT2D eigenvalue weighted by molar-refractivity contribution is -0.150. The highest BCUT2D eigenvalue weighted by Gasteiger charge is 2.24. The van der Waals surface area contributed by atoms with Crippen molar-refractivity contribution in [2.45, 2.75) is 38.3 Å². The number of ether oxygens (including phenoxy) is 2. The van der Waals surface area contributed by atoms with E-state index in [-0.39, 0.29) is 17.7 Å². The van der Waals surface area contributed by atoms with Crippen molar-refractivity contribution in [1.82, 2.24) is 5.32 Å². The molecule has 0 saturated carbocycles. The molecule has 2 aromatic rings. The van der Waals surface area contributed by atoms with Gasteiger partial charge in [0.1, 0.15) is 0 Å². The van der Waals surface area contributed by atoms with Crippen LogP contribution in [0.25, 0.3) is 6.08 Å². The zero-order valence-corrected chi connectivity index (χ0v) is 16.5. The summed E-state index contributed by atoms with van der Waals surface area (Å²) in [5.74, 6) is -1.42. The Labute approximate surface area is 169 Å². The number of hydrogen-bond acceptors (Lipinski definition) is 4. The van der Waals surface area contributed by atoms with Gasteiger partial charge in [-0.1, -0.05) is 30.3 Å². The number of benzene rings is 2. The highest BCUT2D eigenvalue weighted by atomic mass is 19.1. The summed E-state index contributed by atoms with van der Waals surface area (Å²) in [6.45, 7) is 1.53. The van der Waals surface area contributed by atoms with Crippen LogP contribution in [0.2, 0.25) is 0 Å². The Morgan fingerprint density at radius 3 is 2.79 bits per heavy atom. The van der Waals surface area contributed by atoms with Gasteiger partial charge in [0.05, 0.1) is 13.2 Å². The maximum atomic E-state index is 13.7. The monoisotopic (exact) mass is 397 g/mol. The van der Waals surface area contributed by atoms with E-state index in [1.165, 1.54) is 43.9 Å². The Balaban J connectivity index is 1.56. The molecule has 3 rings (SSSR count). The maximum Gasteiger partial charge on any atom is 0.331 e. The molecule has 0 heterocycles. The number of rotatable bonds is 6. The van der Waals surface area contributed by atoms with Gasteiger partial charge in [0, 0.05) is 6.08 Å². The topological polar surface area (TPSA) is 64.6 Å². The van der Waals surface area contributed by atoms with Crippen molar-refractivity contribution in [3.05, 3.63) is 71.0 Å². The molecule has 0 saturated heterocycles. The van der Waals surface area contributed by atoms with Crippen molar-refractivity contribution < 1.29 is 23.5 Å². The minimum atomic E-state index is -0.936. The number of carbonyl (C=O) groups excluding carboxylic acids is 2. The Morgan fingerprint density at radius 2 is 2.03 bits per heavy atom. The third-order valence-corrected chi connectivity index (χ3v) is 4.94. The maximum absolute atomic E-state index is 13.7. The lowest BCUT2D eigenvalue weighted by Crippen LogP contribution is -2.39. The van der Waals surface area contributed by atoms with Gasteiger partial charge in [-0.25, -0.2) is 9.18 Å². The third-order valence-electron chi connectivity index (χ3n) is 4.94. The molecule has 0 spiro atoms. The summed E-state index contributed by atoms with van der Waals surface area (Å²) in [4.78, 5) is 24.5. The zero-order chi connectivity index (χ0) is 20.8. The van der Waals surface area contributed by atoms with Crippen LogP contribution in [0.5, 0.6) is 5.75 Å². The number of carbonyl (C=O) groups is 2. The molecule has 5 nitrogen and oxygen atoms in total. The van der Waals surface area contributed by atoms with Gasteiger partial charge in [-0.05, 0) is 61.1 Å². The van der Waals surface area contributed by atoms with Crippen molar-refractivity contribution in [1.29, 1.82) is 0 Å². The summed E-state index contributed by atoms with van der Waals surface area (Å²) in [6, 6.07) is 12.3. The largest absolute Gasteiger partial charge is 0.494 e. The van der Waals surface area contributed by atoms with Crippen molar-refractivity contribution in [2.24, 2.45) is 0 Å². The predicted octanol–water partition coefficient (Wildman–Crippen LogP) is 3.97. The number of aryl methyl sites for hydroxylation is 1. The molecule has 0 aliphatic heterocycles. The molecule has 1 aliphatic rings. The predicted molar refractivity (Wildman–Crippen MR) is 108 cm³/mol. The SMILES string of the molecule is COc1ccc(/C=C/C(=O)O[C@@H](C)C(=O)N[C@@H]2CCCc3ccccc32)cc1F. The summed E-state index contributed by atoms with van der Waals surface area (Å²) in [7, 11) is 1.38. The van der Waals surface area contributed by atoms with E-state index in [0.29, 0.717) is 5.56 Å². The summed E-state index contributed by atoms with van der Waals surface area (Å²) in [5.41, 5.74) is 2.84. The van der Waals surface area contributed by atoms with Crippen LogP contribution in [0.15, 0.2) is 48.5 Å². The first-order valence-electron chi connectivity index (χ1n) is 9.58. The first-order chi connectivity index (χ1) is 14.0. The van der Waals surface area contributed by atoms with Crippen LogP contribution in [-0.2, 0) is 20.7 Å². The fourth-order valence-corrected chi connectivity index (χ4v) is 3.41. The summed E-state index contributed by atoms with van der Waals surface area (Å²) >= 11 is 0. The Bertz CT molecular complexity index is 925. The molecule has 2 atom stereocenters. The molecule has 0 radical (unpaired) electrons. The first-order valence-corrected chi connectivity index (χ1v) is 9.58. The fraction of sp³-hybridized carbons (Fsp3) is 0.304. The number of fused-ring (bicyclic) bond motifs is 1. The molecular formula is C23H24FNO4. The number of halogens is 1. The third kappa shape index (κ3) is 5.22. The molecular weight excluding hydrogens is 373 g/mol. The second-order valence-corrected chi connectivity index (χ2v) is 6.96. The summed E-state index contributed by atoms with van der Waals surface area (Å²) in [6.07, 6.45) is 4.51. The van der Waals surface area contributed by atoms with Crippen LogP contribution in [0.3, 0.4) is 0 Å². The minimum absolute atomic E-state index is 0.0774. The van der Waals surface area contributed by atoms with Crippen LogP contribution in [0.4, 0.5) is 4.39 Å². The first kappa shape index (κ1) is 20.6. The van der Waals surface area contributed by atoms with Crippen LogP contribution in [0.1, 0.15) is 42.5 Å². The fourth-order valence-electron chi connectivity index (χ4n) is 3.41. The molecule has 6 heteroatoms. The van der Waals surface area contributed by atoms with E-state index in [0.717, 1.165) is 24.8 Å². The Hall–Kier alpha value is -3.15. The van der Waals surface area contributed by atoms with Crippen LogP contribution in [-0.4, -0.2) is 25.1 Å². The Morgan fingerprint density at radius 1 is 1.24 bits per heavy atom. The standard InChI is InChI=1S/C23H24FNO4/c1-15(23(27)25-20-9-5-7-17-6-3-4-8-18(17)20)29-22(26)13-11-16-10-12-21(28-2)19(24)14-16/h3-4,6,8,10-15,20H,5,7,9H2,1-2H3,(H,25,27)/b13-11+/t15-,20+/m0/s1. The number of amides is 1. The Kier molecular flexibility index (Phi) is 6.65. The average Bonchev–Trinajstić information content (AvgIpc) is 2.72. The van der Waals surface area contributed by atoms with E-state index < -0.39 is 17.9 Å². The number of methoxy groups -OCH3 is 1. The van der Waals surface area contributed by atoms with Crippen LogP contribution >= 0.6 is 0 Å². The van der Waals surface area contributed by atoms with E-state index in [4.69, 9.17) is 9.47 Å². The van der Waals surface area contributed by atoms with E-state index in [2.05, 4.69) is 11.4 Å². The average molecular weight is 397 g/mol. The van der Waals surface area contributed by atoms with Crippen molar-refractivity contribution in [3.8, 4) is 5.75 Å². The molecule has 1 N–H and O–H groups in total. The number of esters is 1. The number of nitrogens with one attached hydrogen (secondary N) is 1. The van der Waals surface area contributed by atoms with Gasteiger partial charge >= 0.3 is 5.97 Å². The van der Waals surface area contributed by atoms with Crippen molar-refractivity contribution >= 4 is 18.0 Å². The molecule has 0 aromatic heterocycles. The summed E-state index contributed by atoms with van der Waals surface area (Å²) in [5, 5.41) is 2.97. The molecule has 0 unspecified atom stereocenters. The molecule has 0 bridgehead atoms. The lowest BCUT2D eigenvalue weighted by Gasteiger charge is -2.27. The van der Waals surface area contributed by atoms with Gasteiger partial charge in [-0.15, -0.1) is 0 Å². The lowest BCUT2D eigenvalue weighted by atomic mass is 9.87. The number of hydrogen-bond donors (Lipinski definition) is 1. The quantitative estimate of drug-likeness (QED) is 0.592. The molecule has 152 valence electrons. The van der Waals surface area contributed by atoms with E-state index in [1.807, 2.05) is 18.2 Å².